The van der Waals surface area contributed by atoms with Gasteiger partial charge in [-0.2, -0.15) is 0 Å². The quantitative estimate of drug-likeness (QED) is 0.651. The van der Waals surface area contributed by atoms with Gasteiger partial charge < -0.3 is 15.5 Å². The number of nitrogens with zero attached hydrogens (tertiary/aromatic N) is 2. The van der Waals surface area contributed by atoms with E-state index in [9.17, 15) is 8.78 Å². The largest absolute Gasteiger partial charge is 0.369 e. The van der Waals surface area contributed by atoms with Crippen LogP contribution < -0.4 is 15.5 Å². The van der Waals surface area contributed by atoms with Crippen molar-refractivity contribution in [1.29, 1.82) is 0 Å². The Morgan fingerprint density at radius 3 is 2.69 bits per heavy atom. The van der Waals surface area contributed by atoms with Gasteiger partial charge in [0, 0.05) is 44.0 Å². The average molecular weight is 358 g/mol. The molecule has 4 nitrogen and oxygen atoms in total. The maximum absolute atomic E-state index is 13.7. The molecule has 2 N–H and O–H groups in total. The van der Waals surface area contributed by atoms with Crippen molar-refractivity contribution in [3.63, 3.8) is 0 Å². The number of hydrogen-bond acceptors (Lipinski definition) is 2. The molecule has 0 saturated carbocycles. The van der Waals surface area contributed by atoms with Gasteiger partial charge in [0.2, 0.25) is 0 Å². The van der Waals surface area contributed by atoms with Crippen molar-refractivity contribution < 1.29 is 8.78 Å². The van der Waals surface area contributed by atoms with Gasteiger partial charge in [0.1, 0.15) is 11.6 Å². The molecule has 2 aromatic carbocycles. The van der Waals surface area contributed by atoms with Gasteiger partial charge in [0.15, 0.2) is 5.96 Å². The third-order valence-electron chi connectivity index (χ3n) is 4.61. The maximum atomic E-state index is 13.7. The second-order valence-electron chi connectivity index (χ2n) is 6.57. The first-order valence-electron chi connectivity index (χ1n) is 8.78. The molecule has 0 amide bonds. The lowest BCUT2D eigenvalue weighted by atomic mass is 10.2. The molecule has 2 aromatic rings. The van der Waals surface area contributed by atoms with Crippen LogP contribution in [-0.2, 0) is 6.54 Å². The number of aryl methyl sites for hydroxylation is 1. The van der Waals surface area contributed by atoms with Crippen LogP contribution in [0.15, 0.2) is 47.5 Å². The zero-order valence-electron chi connectivity index (χ0n) is 15.1. The topological polar surface area (TPSA) is 39.7 Å². The first-order valence-corrected chi connectivity index (χ1v) is 8.78. The second kappa shape index (κ2) is 8.17. The molecule has 1 fully saturated rings. The zero-order valence-corrected chi connectivity index (χ0v) is 15.1. The SMILES string of the molecule is CN=C(NCc1cc(F)ccc1F)NC1CCN(c2ccc(C)cc2)C1. The van der Waals surface area contributed by atoms with Crippen LogP contribution in [0.25, 0.3) is 0 Å². The van der Waals surface area contributed by atoms with Crippen LogP contribution in [-0.4, -0.2) is 32.1 Å². The fourth-order valence-corrected chi connectivity index (χ4v) is 3.11. The molecule has 0 aromatic heterocycles. The third kappa shape index (κ3) is 4.50. The Labute approximate surface area is 152 Å². The van der Waals surface area contributed by atoms with Gasteiger partial charge in [-0.1, -0.05) is 17.7 Å². The van der Waals surface area contributed by atoms with Gasteiger partial charge in [-0.05, 0) is 43.7 Å². The van der Waals surface area contributed by atoms with Gasteiger partial charge >= 0.3 is 0 Å². The Morgan fingerprint density at radius 2 is 1.96 bits per heavy atom. The second-order valence-corrected chi connectivity index (χ2v) is 6.57. The molecule has 1 aliphatic heterocycles. The van der Waals surface area contributed by atoms with E-state index in [0.29, 0.717) is 5.96 Å². The Balaban J connectivity index is 1.54. The van der Waals surface area contributed by atoms with E-state index in [0.717, 1.165) is 31.6 Å². The van der Waals surface area contributed by atoms with E-state index in [-0.39, 0.29) is 18.2 Å². The third-order valence-corrected chi connectivity index (χ3v) is 4.61. The fraction of sp³-hybridized carbons (Fsp3) is 0.350. The molecule has 138 valence electrons. The van der Waals surface area contributed by atoms with Crippen LogP contribution in [0, 0.1) is 18.6 Å². The van der Waals surface area contributed by atoms with Crippen molar-refractivity contribution >= 4 is 11.6 Å². The van der Waals surface area contributed by atoms with Gasteiger partial charge in [-0.3, -0.25) is 4.99 Å². The summed E-state index contributed by atoms with van der Waals surface area (Å²) in [6.07, 6.45) is 0.989. The predicted molar refractivity (Wildman–Crippen MR) is 101 cm³/mol. The van der Waals surface area contributed by atoms with E-state index in [1.54, 1.807) is 7.05 Å². The normalized spacial score (nSPS) is 17.5. The Kier molecular flexibility index (Phi) is 5.71. The molecule has 3 rings (SSSR count). The molecule has 1 aliphatic rings. The molecule has 0 aliphatic carbocycles. The number of nitrogens with one attached hydrogen (secondary N) is 2. The van der Waals surface area contributed by atoms with Crippen molar-refractivity contribution in [1.82, 2.24) is 10.6 Å². The molecule has 1 heterocycles. The first-order chi connectivity index (χ1) is 12.5. The molecule has 0 spiro atoms. The number of halogens is 2. The summed E-state index contributed by atoms with van der Waals surface area (Å²) < 4.78 is 27.0. The summed E-state index contributed by atoms with van der Waals surface area (Å²) in [5.74, 6) is -0.291. The summed E-state index contributed by atoms with van der Waals surface area (Å²) in [6.45, 7) is 4.10. The zero-order chi connectivity index (χ0) is 18.5. The summed E-state index contributed by atoms with van der Waals surface area (Å²) >= 11 is 0. The molecule has 26 heavy (non-hydrogen) atoms. The highest BCUT2D eigenvalue weighted by atomic mass is 19.1. The summed E-state index contributed by atoms with van der Waals surface area (Å²) in [6, 6.07) is 12.2. The summed E-state index contributed by atoms with van der Waals surface area (Å²) in [5, 5.41) is 6.42. The highest BCUT2D eigenvalue weighted by molar-refractivity contribution is 5.80. The minimum absolute atomic E-state index is 0.178. The van der Waals surface area contributed by atoms with E-state index >= 15 is 0 Å². The Morgan fingerprint density at radius 1 is 1.19 bits per heavy atom. The van der Waals surface area contributed by atoms with Crippen LogP contribution in [0.1, 0.15) is 17.5 Å². The number of anilines is 1. The van der Waals surface area contributed by atoms with E-state index in [4.69, 9.17) is 0 Å². The van der Waals surface area contributed by atoms with E-state index in [1.807, 2.05) is 0 Å². The van der Waals surface area contributed by atoms with E-state index in [2.05, 4.69) is 51.7 Å². The monoisotopic (exact) mass is 358 g/mol. The van der Waals surface area contributed by atoms with Crippen LogP contribution in [0.5, 0.6) is 0 Å². The van der Waals surface area contributed by atoms with Gasteiger partial charge in [-0.25, -0.2) is 8.78 Å². The Bertz CT molecular complexity index is 774. The Hall–Kier alpha value is -2.63. The first kappa shape index (κ1) is 18.2. The van der Waals surface area contributed by atoms with Crippen LogP contribution in [0.3, 0.4) is 0 Å². The number of rotatable bonds is 4. The van der Waals surface area contributed by atoms with Crippen LogP contribution >= 0.6 is 0 Å². The molecular formula is C20H24F2N4. The molecular weight excluding hydrogens is 334 g/mol. The number of hydrogen-bond donors (Lipinski definition) is 2. The van der Waals surface area contributed by atoms with E-state index in [1.165, 1.54) is 17.3 Å². The molecule has 1 atom stereocenters. The van der Waals surface area contributed by atoms with Crippen molar-refractivity contribution in [2.45, 2.75) is 25.9 Å². The summed E-state index contributed by atoms with van der Waals surface area (Å²) in [4.78, 5) is 6.52. The molecule has 1 saturated heterocycles. The highest BCUT2D eigenvalue weighted by Gasteiger charge is 2.23. The van der Waals surface area contributed by atoms with Crippen molar-refractivity contribution in [2.24, 2.45) is 4.99 Å². The number of aliphatic imine (C=N–C) groups is 1. The van der Waals surface area contributed by atoms with Crippen molar-refractivity contribution in [3.8, 4) is 0 Å². The summed E-state index contributed by atoms with van der Waals surface area (Å²) in [5.41, 5.74) is 2.74. The van der Waals surface area contributed by atoms with Crippen molar-refractivity contribution in [2.75, 3.05) is 25.0 Å². The van der Waals surface area contributed by atoms with Gasteiger partial charge in [0.25, 0.3) is 0 Å². The smallest absolute Gasteiger partial charge is 0.191 e. The molecule has 6 heteroatoms. The highest BCUT2D eigenvalue weighted by Crippen LogP contribution is 2.20. The lowest BCUT2D eigenvalue weighted by Crippen LogP contribution is -2.44. The van der Waals surface area contributed by atoms with Gasteiger partial charge in [-0.15, -0.1) is 0 Å². The number of benzene rings is 2. The number of guanidine groups is 1. The van der Waals surface area contributed by atoms with Crippen LogP contribution in [0.2, 0.25) is 0 Å². The summed E-state index contributed by atoms with van der Waals surface area (Å²) in [7, 11) is 1.67. The minimum atomic E-state index is -0.448. The van der Waals surface area contributed by atoms with Crippen LogP contribution in [0.4, 0.5) is 14.5 Å². The molecule has 1 unspecified atom stereocenters. The predicted octanol–water partition coefficient (Wildman–Crippen LogP) is 3.22. The lowest BCUT2D eigenvalue weighted by molar-refractivity contribution is 0.579. The van der Waals surface area contributed by atoms with Crippen molar-refractivity contribution in [3.05, 3.63) is 65.2 Å². The minimum Gasteiger partial charge on any atom is -0.369 e. The molecule has 0 bridgehead atoms. The standard InChI is InChI=1S/C20H24F2N4/c1-14-3-6-18(7-4-14)26-10-9-17(13-26)25-20(23-2)24-12-15-11-16(21)5-8-19(15)22/h3-8,11,17H,9-10,12-13H2,1-2H3,(H2,23,24,25). The van der Waals surface area contributed by atoms with Gasteiger partial charge in [0.05, 0.1) is 0 Å². The maximum Gasteiger partial charge on any atom is 0.191 e. The lowest BCUT2D eigenvalue weighted by Gasteiger charge is -2.20. The van der Waals surface area contributed by atoms with E-state index < -0.39 is 11.6 Å². The molecule has 0 radical (unpaired) electrons. The fourth-order valence-electron chi connectivity index (χ4n) is 3.11. The average Bonchev–Trinajstić information content (AvgIpc) is 3.10.